The van der Waals surface area contributed by atoms with Gasteiger partial charge in [0.05, 0.1) is 14.2 Å². The molecule has 1 spiro atoms. The molecule has 124 valence electrons. The number of amides is 1. The number of hydrogen-bond acceptors (Lipinski definition) is 5. The van der Waals surface area contributed by atoms with Crippen LogP contribution in [0.15, 0.2) is 23.3 Å². The maximum absolute atomic E-state index is 12.0. The summed E-state index contributed by atoms with van der Waals surface area (Å²) in [6.07, 6.45) is 4.87. The number of methoxy groups -OCH3 is 2. The Morgan fingerprint density at radius 3 is 2.48 bits per heavy atom. The fourth-order valence-electron chi connectivity index (χ4n) is 3.29. The highest BCUT2D eigenvalue weighted by Gasteiger charge is 2.47. The summed E-state index contributed by atoms with van der Waals surface area (Å²) in [4.78, 5) is 12.0. The van der Waals surface area contributed by atoms with E-state index in [0.29, 0.717) is 17.4 Å². The van der Waals surface area contributed by atoms with Gasteiger partial charge in [-0.2, -0.15) is 5.01 Å². The third-order valence-electron chi connectivity index (χ3n) is 4.43. The molecular weight excluding hydrogens is 296 g/mol. The van der Waals surface area contributed by atoms with Crippen LogP contribution in [-0.4, -0.2) is 36.8 Å². The molecule has 0 bridgehead atoms. The summed E-state index contributed by atoms with van der Waals surface area (Å²) < 4.78 is 16.8. The molecule has 0 unspecified atom stereocenters. The van der Waals surface area contributed by atoms with Gasteiger partial charge in [0.1, 0.15) is 0 Å². The second-order valence-electron chi connectivity index (χ2n) is 5.91. The highest BCUT2D eigenvalue weighted by Crippen LogP contribution is 2.40. The first kappa shape index (κ1) is 15.6. The lowest BCUT2D eigenvalue weighted by Gasteiger charge is -2.37. The van der Waals surface area contributed by atoms with Crippen LogP contribution < -0.4 is 9.47 Å². The summed E-state index contributed by atoms with van der Waals surface area (Å²) in [5, 5.41) is 5.96. The van der Waals surface area contributed by atoms with Gasteiger partial charge in [-0.05, 0) is 31.0 Å². The largest absolute Gasteiger partial charge is 0.493 e. The molecule has 0 atom stereocenters. The van der Waals surface area contributed by atoms with Gasteiger partial charge >= 0.3 is 0 Å². The number of carbonyl (C=O) groups excluding carboxylic acids is 1. The molecule has 1 amide bonds. The Morgan fingerprint density at radius 2 is 1.87 bits per heavy atom. The Labute approximate surface area is 136 Å². The minimum Gasteiger partial charge on any atom is -0.493 e. The topological polar surface area (TPSA) is 60.4 Å². The van der Waals surface area contributed by atoms with E-state index in [0.717, 1.165) is 31.2 Å². The van der Waals surface area contributed by atoms with Gasteiger partial charge in [0.15, 0.2) is 11.5 Å². The van der Waals surface area contributed by atoms with Crippen molar-refractivity contribution in [3.63, 3.8) is 0 Å². The van der Waals surface area contributed by atoms with E-state index < -0.39 is 5.72 Å². The molecule has 6 heteroatoms. The Bertz CT molecular complexity index is 635. The molecule has 1 saturated carbocycles. The van der Waals surface area contributed by atoms with Crippen LogP contribution >= 0.6 is 0 Å². The molecule has 0 saturated heterocycles. The standard InChI is InChI=1S/C17H22N2O4/c1-12(20)19-17(9-5-4-6-10-17)23-16(18-19)13-7-8-14(21-2)15(11-13)22-3/h7-8,11H,4-6,9-10H2,1-3H3. The van der Waals surface area contributed by atoms with Gasteiger partial charge in [0.25, 0.3) is 0 Å². The van der Waals surface area contributed by atoms with Gasteiger partial charge in [-0.3, -0.25) is 4.79 Å². The van der Waals surface area contributed by atoms with Gasteiger partial charge < -0.3 is 14.2 Å². The predicted octanol–water partition coefficient (Wildman–Crippen LogP) is 2.90. The number of ether oxygens (including phenoxy) is 3. The third kappa shape index (κ3) is 2.73. The molecule has 1 fully saturated rings. The Balaban J connectivity index is 1.94. The van der Waals surface area contributed by atoms with E-state index >= 15 is 0 Å². The highest BCUT2D eigenvalue weighted by atomic mass is 16.6. The van der Waals surface area contributed by atoms with Crippen molar-refractivity contribution in [1.29, 1.82) is 0 Å². The summed E-state index contributed by atoms with van der Waals surface area (Å²) in [5.74, 6) is 1.62. The van der Waals surface area contributed by atoms with Gasteiger partial charge in [0, 0.05) is 25.3 Å². The predicted molar refractivity (Wildman–Crippen MR) is 85.5 cm³/mol. The lowest BCUT2D eigenvalue weighted by Crippen LogP contribution is -2.48. The molecule has 1 aliphatic heterocycles. The van der Waals surface area contributed by atoms with Gasteiger partial charge in [-0.25, -0.2) is 0 Å². The summed E-state index contributed by atoms with van der Waals surface area (Å²) in [5.41, 5.74) is 0.156. The van der Waals surface area contributed by atoms with Gasteiger partial charge in [0.2, 0.25) is 17.5 Å². The monoisotopic (exact) mass is 318 g/mol. The lowest BCUT2D eigenvalue weighted by molar-refractivity contribution is -0.151. The number of nitrogens with zero attached hydrogens (tertiary/aromatic N) is 2. The van der Waals surface area contributed by atoms with Crippen LogP contribution in [0.3, 0.4) is 0 Å². The van der Waals surface area contributed by atoms with Crippen LogP contribution in [0.1, 0.15) is 44.6 Å². The zero-order chi connectivity index (χ0) is 16.4. The van der Waals surface area contributed by atoms with E-state index in [-0.39, 0.29) is 5.91 Å². The molecule has 1 aromatic rings. The highest BCUT2D eigenvalue weighted by molar-refractivity contribution is 5.97. The van der Waals surface area contributed by atoms with Crippen molar-refractivity contribution in [3.05, 3.63) is 23.8 Å². The fraction of sp³-hybridized carbons (Fsp3) is 0.529. The smallest absolute Gasteiger partial charge is 0.243 e. The fourth-order valence-corrected chi connectivity index (χ4v) is 3.29. The third-order valence-corrected chi connectivity index (χ3v) is 4.43. The molecular formula is C17H22N2O4. The Morgan fingerprint density at radius 1 is 1.17 bits per heavy atom. The lowest BCUT2D eigenvalue weighted by atomic mass is 9.91. The molecule has 1 heterocycles. The van der Waals surface area contributed by atoms with Gasteiger partial charge in [-0.15, -0.1) is 5.10 Å². The maximum atomic E-state index is 12.0. The molecule has 3 rings (SSSR count). The first-order valence-corrected chi connectivity index (χ1v) is 7.90. The van der Waals surface area contributed by atoms with Crippen LogP contribution in [0.5, 0.6) is 11.5 Å². The van der Waals surface area contributed by atoms with Crippen LogP contribution in [0.2, 0.25) is 0 Å². The molecule has 23 heavy (non-hydrogen) atoms. The van der Waals surface area contributed by atoms with Crippen molar-refractivity contribution < 1.29 is 19.0 Å². The Kier molecular flexibility index (Phi) is 4.15. The molecule has 1 aromatic carbocycles. The molecule has 2 aliphatic rings. The van der Waals surface area contributed by atoms with Crippen molar-refractivity contribution in [2.75, 3.05) is 14.2 Å². The number of carbonyl (C=O) groups is 1. The van der Waals surface area contributed by atoms with E-state index in [1.807, 2.05) is 18.2 Å². The molecule has 0 radical (unpaired) electrons. The van der Waals surface area contributed by atoms with E-state index in [9.17, 15) is 4.79 Å². The second-order valence-corrected chi connectivity index (χ2v) is 5.91. The number of hydrazone groups is 1. The zero-order valence-corrected chi connectivity index (χ0v) is 13.8. The summed E-state index contributed by atoms with van der Waals surface area (Å²) in [6.45, 7) is 1.53. The minimum absolute atomic E-state index is 0.0950. The quantitative estimate of drug-likeness (QED) is 0.860. The average molecular weight is 318 g/mol. The van der Waals surface area contributed by atoms with Crippen molar-refractivity contribution in [2.24, 2.45) is 5.10 Å². The van der Waals surface area contributed by atoms with Crippen LogP contribution in [-0.2, 0) is 9.53 Å². The molecule has 0 aromatic heterocycles. The maximum Gasteiger partial charge on any atom is 0.243 e. The van der Waals surface area contributed by atoms with Crippen molar-refractivity contribution in [2.45, 2.75) is 44.8 Å². The van der Waals surface area contributed by atoms with Crippen molar-refractivity contribution in [3.8, 4) is 11.5 Å². The first-order valence-electron chi connectivity index (χ1n) is 7.90. The normalized spacial score (nSPS) is 19.3. The van der Waals surface area contributed by atoms with Crippen molar-refractivity contribution in [1.82, 2.24) is 5.01 Å². The average Bonchev–Trinajstić information content (AvgIpc) is 2.94. The zero-order valence-electron chi connectivity index (χ0n) is 13.8. The molecule has 0 N–H and O–H groups in total. The summed E-state index contributed by atoms with van der Waals surface area (Å²) in [6, 6.07) is 5.49. The van der Waals surface area contributed by atoms with E-state index in [4.69, 9.17) is 14.2 Å². The SMILES string of the molecule is COc1ccc(C2=NN(C(C)=O)C3(CCCCC3)O2)cc1OC. The van der Waals surface area contributed by atoms with E-state index in [1.54, 1.807) is 14.2 Å². The van der Waals surface area contributed by atoms with Crippen molar-refractivity contribution >= 4 is 11.8 Å². The van der Waals surface area contributed by atoms with Crippen LogP contribution in [0.4, 0.5) is 0 Å². The summed E-state index contributed by atoms with van der Waals surface area (Å²) in [7, 11) is 3.18. The van der Waals surface area contributed by atoms with E-state index in [1.165, 1.54) is 18.4 Å². The first-order chi connectivity index (χ1) is 11.1. The van der Waals surface area contributed by atoms with Crippen LogP contribution in [0.25, 0.3) is 0 Å². The molecule has 1 aliphatic carbocycles. The minimum atomic E-state index is -0.618. The van der Waals surface area contributed by atoms with Crippen LogP contribution in [0, 0.1) is 0 Å². The second kappa shape index (κ2) is 6.10. The number of benzene rings is 1. The number of rotatable bonds is 3. The summed E-state index contributed by atoms with van der Waals surface area (Å²) >= 11 is 0. The Hall–Kier alpha value is -2.24. The van der Waals surface area contributed by atoms with Gasteiger partial charge in [-0.1, -0.05) is 6.42 Å². The number of hydrogen-bond donors (Lipinski definition) is 0. The van der Waals surface area contributed by atoms with E-state index in [2.05, 4.69) is 5.10 Å². The molecule has 6 nitrogen and oxygen atoms in total.